The quantitative estimate of drug-likeness (QED) is 0.357. The molecule has 0 amide bonds. The summed E-state index contributed by atoms with van der Waals surface area (Å²) in [6.07, 6.45) is 1.76. The maximum Gasteiger partial charge on any atom is 0.270 e. The Morgan fingerprint density at radius 3 is 2.50 bits per heavy atom. The second-order valence-corrected chi connectivity index (χ2v) is 6.95. The zero-order valence-corrected chi connectivity index (χ0v) is 13.9. The number of nitrogens with zero attached hydrogens (tertiary/aromatic N) is 4. The lowest BCUT2D eigenvalue weighted by molar-refractivity contribution is -0.640. The smallest absolute Gasteiger partial charge is 0.270 e. The van der Waals surface area contributed by atoms with Gasteiger partial charge in [-0.25, -0.2) is 4.52 Å². The molecule has 0 aliphatic rings. The van der Waals surface area contributed by atoms with Gasteiger partial charge in [0, 0.05) is 11.2 Å². The van der Waals surface area contributed by atoms with Crippen molar-refractivity contribution in [1.82, 2.24) is 14.7 Å². The van der Waals surface area contributed by atoms with Gasteiger partial charge in [-0.2, -0.15) is 27.8 Å². The van der Waals surface area contributed by atoms with Gasteiger partial charge in [0.25, 0.3) is 5.52 Å². The highest BCUT2D eigenvalue weighted by Gasteiger charge is 2.18. The highest BCUT2D eigenvalue weighted by atomic mass is 32.1. The van der Waals surface area contributed by atoms with E-state index in [0.29, 0.717) is 16.0 Å². The monoisotopic (exact) mass is 350 g/mol. The summed E-state index contributed by atoms with van der Waals surface area (Å²) in [4.78, 5) is 0.680. The highest BCUT2D eigenvalue weighted by molar-refractivity contribution is 7.08. The Labute approximate surface area is 144 Å². The van der Waals surface area contributed by atoms with E-state index in [1.54, 1.807) is 39.5 Å². The molecule has 0 aliphatic heterocycles. The molecule has 4 aromatic heterocycles. The number of thiophene rings is 2. The topological polar surface area (TPSA) is 57.1 Å². The summed E-state index contributed by atoms with van der Waals surface area (Å²) in [5.41, 5.74) is 5.90. The summed E-state index contributed by atoms with van der Waals surface area (Å²) in [6.45, 7) is 0. The minimum absolute atomic E-state index is 0.501. The van der Waals surface area contributed by atoms with Crippen LogP contribution in [0.2, 0.25) is 0 Å². The van der Waals surface area contributed by atoms with Gasteiger partial charge in [-0.1, -0.05) is 0 Å². The van der Waals surface area contributed by atoms with Crippen molar-refractivity contribution in [2.45, 2.75) is 0 Å². The van der Waals surface area contributed by atoms with Crippen molar-refractivity contribution >= 4 is 39.4 Å². The molecule has 0 N–H and O–H groups in total. The third kappa shape index (κ3) is 1.95. The maximum absolute atomic E-state index is 12.4. The van der Waals surface area contributed by atoms with Crippen LogP contribution in [0, 0.1) is 5.21 Å². The van der Waals surface area contributed by atoms with E-state index in [2.05, 4.69) is 21.6 Å². The second-order valence-electron chi connectivity index (χ2n) is 5.39. The summed E-state index contributed by atoms with van der Waals surface area (Å²) < 4.78 is 1.74. The Kier molecular flexibility index (Phi) is 2.91. The minimum Gasteiger partial charge on any atom is -0.594 e. The number of hydrogen-bond donors (Lipinski definition) is 0. The van der Waals surface area contributed by atoms with Crippen LogP contribution in [-0.2, 0) is 0 Å². The largest absolute Gasteiger partial charge is 0.594 e. The van der Waals surface area contributed by atoms with Crippen LogP contribution in [0.1, 0.15) is 0 Å². The van der Waals surface area contributed by atoms with E-state index in [0.717, 1.165) is 27.8 Å². The van der Waals surface area contributed by atoms with Crippen molar-refractivity contribution in [3.05, 3.63) is 63.3 Å². The molecule has 0 saturated carbocycles. The van der Waals surface area contributed by atoms with Crippen molar-refractivity contribution in [3.8, 4) is 22.3 Å². The lowest BCUT2D eigenvalue weighted by Crippen LogP contribution is -2.33. The van der Waals surface area contributed by atoms with Crippen LogP contribution in [0.15, 0.2) is 58.0 Å². The van der Waals surface area contributed by atoms with Gasteiger partial charge in [0.15, 0.2) is 0 Å². The summed E-state index contributed by atoms with van der Waals surface area (Å²) >= 11 is 3.25. The standard InChI is InChI=1S/C17H10N4OS2/c22-21-15-2-1-11(12-3-5-23-9-12)7-16(15)20-17(19-21)14(8-18-20)13-4-6-24-10-13/h1-10H. The third-order valence-corrected chi connectivity index (χ3v) is 5.39. The van der Waals surface area contributed by atoms with Crippen molar-refractivity contribution < 1.29 is 4.85 Å². The fourth-order valence-electron chi connectivity index (χ4n) is 2.84. The molecule has 0 fully saturated rings. The van der Waals surface area contributed by atoms with Gasteiger partial charge in [0.05, 0.1) is 11.8 Å². The molecule has 116 valence electrons. The summed E-state index contributed by atoms with van der Waals surface area (Å²) in [5, 5.41) is 29.2. The predicted octanol–water partition coefficient (Wildman–Crippen LogP) is 3.97. The van der Waals surface area contributed by atoms with Crippen LogP contribution in [-0.4, -0.2) is 14.7 Å². The molecule has 24 heavy (non-hydrogen) atoms. The van der Waals surface area contributed by atoms with Crippen molar-refractivity contribution in [3.63, 3.8) is 0 Å². The number of rotatable bonds is 2. The van der Waals surface area contributed by atoms with E-state index in [9.17, 15) is 5.21 Å². The third-order valence-electron chi connectivity index (χ3n) is 4.03. The zero-order valence-electron chi connectivity index (χ0n) is 12.3. The van der Waals surface area contributed by atoms with Crippen LogP contribution < -0.4 is 4.85 Å². The molecule has 0 saturated heterocycles. The van der Waals surface area contributed by atoms with Gasteiger partial charge in [0.1, 0.15) is 5.52 Å². The van der Waals surface area contributed by atoms with Crippen molar-refractivity contribution in [2.75, 3.05) is 0 Å². The van der Waals surface area contributed by atoms with Crippen LogP contribution in [0.4, 0.5) is 0 Å². The van der Waals surface area contributed by atoms with Gasteiger partial charge in [-0.05, 0) is 67.3 Å². The highest BCUT2D eigenvalue weighted by Crippen LogP contribution is 2.28. The lowest BCUT2D eigenvalue weighted by atomic mass is 10.1. The van der Waals surface area contributed by atoms with Crippen LogP contribution in [0.3, 0.4) is 0 Å². The number of hydrogen-bond acceptors (Lipinski definition) is 5. The van der Waals surface area contributed by atoms with Crippen molar-refractivity contribution in [2.24, 2.45) is 0 Å². The van der Waals surface area contributed by atoms with Crippen LogP contribution in [0.5, 0.6) is 0 Å². The Morgan fingerprint density at radius 2 is 1.75 bits per heavy atom. The maximum atomic E-state index is 12.4. The van der Waals surface area contributed by atoms with E-state index >= 15 is 0 Å². The molecule has 0 bridgehead atoms. The lowest BCUT2D eigenvalue weighted by Gasteiger charge is -2.04. The molecule has 5 rings (SSSR count). The molecule has 5 aromatic rings. The molecule has 1 aromatic carbocycles. The summed E-state index contributed by atoms with van der Waals surface area (Å²) in [7, 11) is 0. The first-order valence-electron chi connectivity index (χ1n) is 7.28. The number of aromatic nitrogens is 4. The van der Waals surface area contributed by atoms with E-state index in [4.69, 9.17) is 0 Å². The molecule has 4 heterocycles. The van der Waals surface area contributed by atoms with Crippen LogP contribution in [0.25, 0.3) is 38.9 Å². The average molecular weight is 350 g/mol. The summed E-state index contributed by atoms with van der Waals surface area (Å²) in [6, 6.07) is 9.80. The molecule has 7 heteroatoms. The molecule has 0 radical (unpaired) electrons. The minimum atomic E-state index is 0.501. The fourth-order valence-corrected chi connectivity index (χ4v) is 4.16. The van der Waals surface area contributed by atoms with E-state index in [1.807, 2.05) is 34.3 Å². The predicted molar refractivity (Wildman–Crippen MR) is 96.1 cm³/mol. The Hall–Kier alpha value is -2.77. The van der Waals surface area contributed by atoms with E-state index in [1.165, 1.54) is 0 Å². The molecular weight excluding hydrogens is 340 g/mol. The molecular formula is C17H10N4OS2. The van der Waals surface area contributed by atoms with E-state index in [-0.39, 0.29) is 0 Å². The molecule has 0 aliphatic carbocycles. The first-order chi connectivity index (χ1) is 11.8. The van der Waals surface area contributed by atoms with E-state index < -0.39 is 0 Å². The van der Waals surface area contributed by atoms with Gasteiger partial charge < -0.3 is 5.21 Å². The molecule has 0 spiro atoms. The van der Waals surface area contributed by atoms with Gasteiger partial charge in [0.2, 0.25) is 5.65 Å². The fraction of sp³-hybridized carbons (Fsp3) is 0. The zero-order chi connectivity index (χ0) is 16.1. The summed E-state index contributed by atoms with van der Waals surface area (Å²) in [5.74, 6) is 0. The molecule has 5 nitrogen and oxygen atoms in total. The van der Waals surface area contributed by atoms with Gasteiger partial charge in [-0.3, -0.25) is 0 Å². The van der Waals surface area contributed by atoms with Gasteiger partial charge in [-0.15, -0.1) is 0 Å². The normalized spacial score (nSPS) is 11.5. The van der Waals surface area contributed by atoms with Crippen molar-refractivity contribution in [1.29, 1.82) is 0 Å². The SMILES string of the molecule is [O-][n+]1nc2c(-c3ccsc3)cnn2c2cc(-c3ccsc3)ccc21. The Balaban J connectivity index is 1.84. The molecule has 0 atom stereocenters. The molecule has 0 unspecified atom stereocenters. The Bertz CT molecular complexity index is 1160. The number of fused-ring (bicyclic) bond motifs is 3. The first kappa shape index (κ1) is 13.6. The number of benzene rings is 1. The van der Waals surface area contributed by atoms with Crippen LogP contribution >= 0.6 is 22.7 Å². The first-order valence-corrected chi connectivity index (χ1v) is 9.16. The average Bonchev–Trinajstić information content (AvgIpc) is 3.35. The van der Waals surface area contributed by atoms with Gasteiger partial charge >= 0.3 is 0 Å². The second kappa shape index (κ2) is 5.12. The Morgan fingerprint density at radius 1 is 0.958 bits per heavy atom.